The Hall–Kier alpha value is -4.42. The van der Waals surface area contributed by atoms with Gasteiger partial charge in [0.15, 0.2) is 14.4 Å². The number of hydrogen-bond acceptors (Lipinski definition) is 6. The van der Waals surface area contributed by atoms with Crippen LogP contribution in [0.5, 0.6) is 0 Å². The number of aromatic nitrogens is 3. The number of rotatable bonds is 5. The van der Waals surface area contributed by atoms with Gasteiger partial charge in [-0.1, -0.05) is 70.4 Å². The second-order valence-electron chi connectivity index (χ2n) is 9.94. The van der Waals surface area contributed by atoms with Crippen LogP contribution in [0.15, 0.2) is 116 Å². The van der Waals surface area contributed by atoms with Crippen LogP contribution in [0.2, 0.25) is 0 Å². The first kappa shape index (κ1) is 28.4. The van der Waals surface area contributed by atoms with Crippen LogP contribution in [0.4, 0.5) is 11.4 Å². The van der Waals surface area contributed by atoms with Gasteiger partial charge >= 0.3 is 7.51 Å². The number of thiazole rings is 3. The molecule has 0 radical (unpaired) electrons. The van der Waals surface area contributed by atoms with E-state index in [1.165, 1.54) is 12.1 Å². The first-order chi connectivity index (χ1) is 21.3. The first-order valence-corrected chi connectivity index (χ1v) is 17.5. The Morgan fingerprint density at radius 3 is 1.30 bits per heavy atom. The van der Waals surface area contributed by atoms with E-state index in [0.29, 0.717) is 5.69 Å². The standard InChI is InChI=1S/C30H25N8O2PS3/c1-35-22-10-4-7-13-25(22)42-28(35)32-41(31-20-16-18-21(19-17-20)38(39)40,33-29-36(2)23-11-5-8-14-26(23)43-29)34-30-37(3)24-12-6-9-15-27(24)44-30/h4-19H,1-3H3/b32-28-,33-29?,34-30?. The summed E-state index contributed by atoms with van der Waals surface area (Å²) in [5.74, 6) is 0. The Kier molecular flexibility index (Phi) is 7.25. The molecule has 0 unspecified atom stereocenters. The molecule has 44 heavy (non-hydrogen) atoms. The predicted molar refractivity (Wildman–Crippen MR) is 181 cm³/mol. The summed E-state index contributed by atoms with van der Waals surface area (Å²) in [6, 6.07) is 30.6. The summed E-state index contributed by atoms with van der Waals surface area (Å²) in [6.45, 7) is 0. The molecule has 0 bridgehead atoms. The molecule has 0 atom stereocenters. The predicted octanol–water partition coefficient (Wildman–Crippen LogP) is 7.63. The molecule has 7 rings (SSSR count). The molecule has 220 valence electrons. The van der Waals surface area contributed by atoms with E-state index >= 15 is 0 Å². The molecule has 3 aromatic heterocycles. The Morgan fingerprint density at radius 2 is 0.955 bits per heavy atom. The van der Waals surface area contributed by atoms with Gasteiger partial charge in [-0.2, -0.15) is 14.3 Å². The molecule has 0 N–H and O–H groups in total. The highest BCUT2D eigenvalue weighted by atomic mass is 32.1. The molecule has 0 spiro atoms. The van der Waals surface area contributed by atoms with Gasteiger partial charge in [0.25, 0.3) is 5.69 Å². The molecule has 4 aromatic carbocycles. The van der Waals surface area contributed by atoms with Crippen LogP contribution in [-0.2, 0) is 21.1 Å². The van der Waals surface area contributed by atoms with Crippen molar-refractivity contribution in [3.05, 3.63) is 122 Å². The fraction of sp³-hybridized carbons (Fsp3) is 0.100. The van der Waals surface area contributed by atoms with Crippen molar-refractivity contribution >= 4 is 83.5 Å². The zero-order chi connectivity index (χ0) is 30.4. The van der Waals surface area contributed by atoms with Gasteiger partial charge in [-0.25, -0.2) is 4.74 Å². The minimum atomic E-state index is -3.37. The summed E-state index contributed by atoms with van der Waals surface area (Å²) in [5, 5.41) is 11.4. The Balaban J connectivity index is 1.64. The van der Waals surface area contributed by atoms with E-state index < -0.39 is 12.4 Å². The van der Waals surface area contributed by atoms with Crippen LogP contribution in [0.25, 0.3) is 30.6 Å². The van der Waals surface area contributed by atoms with Crippen LogP contribution >= 0.6 is 41.5 Å². The lowest BCUT2D eigenvalue weighted by atomic mass is 10.3. The highest BCUT2D eigenvalue weighted by molar-refractivity contribution is 7.62. The largest absolute Gasteiger partial charge is 0.319 e. The number of nitro groups is 1. The van der Waals surface area contributed by atoms with Crippen LogP contribution in [0, 0.1) is 10.1 Å². The molecule has 0 aliphatic rings. The lowest BCUT2D eigenvalue weighted by Crippen LogP contribution is -2.14. The van der Waals surface area contributed by atoms with E-state index in [1.807, 2.05) is 71.2 Å². The van der Waals surface area contributed by atoms with Crippen LogP contribution in [0.1, 0.15) is 0 Å². The molecular formula is C30H25N8O2PS3. The summed E-state index contributed by atoms with van der Waals surface area (Å²) in [4.78, 5) is 13.2. The molecule has 10 nitrogen and oxygen atoms in total. The molecule has 3 heterocycles. The monoisotopic (exact) mass is 656 g/mol. The van der Waals surface area contributed by atoms with E-state index in [4.69, 9.17) is 19.0 Å². The summed E-state index contributed by atoms with van der Waals surface area (Å²) < 4.78 is 30.6. The van der Waals surface area contributed by atoms with Crippen molar-refractivity contribution in [2.24, 2.45) is 40.2 Å². The third-order valence-electron chi connectivity index (χ3n) is 7.11. The molecule has 0 fully saturated rings. The third-order valence-corrected chi connectivity index (χ3v) is 12.7. The second-order valence-corrected chi connectivity index (χ2v) is 14.8. The van der Waals surface area contributed by atoms with Gasteiger partial charge in [-0.3, -0.25) is 10.1 Å². The number of nitrogens with zero attached hydrogens (tertiary/aromatic N) is 8. The normalized spacial score (nSPS) is 14.6. The fourth-order valence-corrected chi connectivity index (χ4v) is 10.8. The molecule has 0 amide bonds. The van der Waals surface area contributed by atoms with E-state index in [-0.39, 0.29) is 5.69 Å². The minimum Gasteiger partial charge on any atom is -0.319 e. The van der Waals surface area contributed by atoms with Crippen molar-refractivity contribution in [3.8, 4) is 0 Å². The average molecular weight is 657 g/mol. The maximum absolute atomic E-state index is 11.4. The highest BCUT2D eigenvalue weighted by Crippen LogP contribution is 2.56. The summed E-state index contributed by atoms with van der Waals surface area (Å²) in [7, 11) is 2.58. The van der Waals surface area contributed by atoms with E-state index in [9.17, 15) is 10.1 Å². The molecule has 0 aliphatic heterocycles. The van der Waals surface area contributed by atoms with E-state index in [1.54, 1.807) is 46.1 Å². The second kappa shape index (κ2) is 11.3. The molecule has 14 heteroatoms. The van der Waals surface area contributed by atoms with Crippen molar-refractivity contribution < 1.29 is 4.92 Å². The van der Waals surface area contributed by atoms with Gasteiger partial charge < -0.3 is 13.7 Å². The number of hydrogen-bond donors (Lipinski definition) is 0. The quantitative estimate of drug-likeness (QED) is 0.108. The zero-order valence-corrected chi connectivity index (χ0v) is 27.1. The molecule has 0 saturated carbocycles. The number of fused-ring (bicyclic) bond motifs is 3. The fourth-order valence-electron chi connectivity index (χ4n) is 4.81. The molecule has 0 saturated heterocycles. The van der Waals surface area contributed by atoms with Crippen LogP contribution in [0.3, 0.4) is 0 Å². The van der Waals surface area contributed by atoms with Crippen molar-refractivity contribution in [3.63, 3.8) is 0 Å². The summed E-state index contributed by atoms with van der Waals surface area (Å²) in [5.41, 5.74) is 3.64. The van der Waals surface area contributed by atoms with Gasteiger partial charge in [0, 0.05) is 33.3 Å². The SMILES string of the molecule is Cn1c(=NP(N=c2sc3ccccc3n2C)(=Nc2ccc([N+](=O)[O-])cc2)/N=c2\sc3ccccc3n2C)sc2ccccc21. The number of aryl methyl sites for hydroxylation is 3. The zero-order valence-electron chi connectivity index (χ0n) is 23.8. The van der Waals surface area contributed by atoms with E-state index in [0.717, 1.165) is 45.1 Å². The van der Waals surface area contributed by atoms with Gasteiger partial charge in [0.05, 0.1) is 41.3 Å². The maximum Gasteiger partial charge on any atom is 0.313 e. The Labute approximate surface area is 262 Å². The van der Waals surface area contributed by atoms with Crippen molar-refractivity contribution in [2.45, 2.75) is 0 Å². The number of para-hydroxylation sites is 3. The van der Waals surface area contributed by atoms with E-state index in [2.05, 4.69) is 36.4 Å². The lowest BCUT2D eigenvalue weighted by Gasteiger charge is -2.10. The minimum absolute atomic E-state index is 0.0126. The highest BCUT2D eigenvalue weighted by Gasteiger charge is 2.21. The number of non-ortho nitro benzene ring substituents is 1. The van der Waals surface area contributed by atoms with Crippen LogP contribution < -0.4 is 14.4 Å². The van der Waals surface area contributed by atoms with Crippen LogP contribution in [-0.4, -0.2) is 18.6 Å². The molecule has 0 aliphatic carbocycles. The van der Waals surface area contributed by atoms with Crippen molar-refractivity contribution in [2.75, 3.05) is 0 Å². The topological polar surface area (TPSA) is 107 Å². The maximum atomic E-state index is 11.4. The average Bonchev–Trinajstić information content (AvgIpc) is 3.63. The van der Waals surface area contributed by atoms with Gasteiger partial charge in [-0.05, 0) is 48.5 Å². The van der Waals surface area contributed by atoms with Crippen molar-refractivity contribution in [1.29, 1.82) is 0 Å². The number of nitro benzene ring substituents is 1. The number of benzene rings is 4. The summed E-state index contributed by atoms with van der Waals surface area (Å²) >= 11 is 4.67. The first-order valence-electron chi connectivity index (χ1n) is 13.5. The Morgan fingerprint density at radius 1 is 0.591 bits per heavy atom. The van der Waals surface area contributed by atoms with Crippen molar-refractivity contribution in [1.82, 2.24) is 13.7 Å². The van der Waals surface area contributed by atoms with Gasteiger partial charge in [0.1, 0.15) is 0 Å². The lowest BCUT2D eigenvalue weighted by molar-refractivity contribution is -0.384. The Bertz CT molecular complexity index is 2270. The smallest absolute Gasteiger partial charge is 0.313 e. The van der Waals surface area contributed by atoms with Gasteiger partial charge in [-0.15, -0.1) is 0 Å². The molecular weight excluding hydrogens is 632 g/mol. The van der Waals surface area contributed by atoms with Gasteiger partial charge in [0.2, 0.25) is 0 Å². The molecule has 7 aromatic rings. The third kappa shape index (κ3) is 5.17. The summed E-state index contributed by atoms with van der Waals surface area (Å²) in [6.07, 6.45) is 0.